The van der Waals surface area contributed by atoms with Crippen LogP contribution in [-0.4, -0.2) is 40.7 Å². The van der Waals surface area contributed by atoms with Crippen LogP contribution in [0.2, 0.25) is 0 Å². The summed E-state index contributed by atoms with van der Waals surface area (Å²) in [4.78, 5) is 15.1. The largest absolute Gasteiger partial charge is 0.496 e. The van der Waals surface area contributed by atoms with Crippen LogP contribution in [-0.2, 0) is 5.41 Å². The van der Waals surface area contributed by atoms with Crippen LogP contribution in [0, 0.1) is 13.8 Å². The molecule has 0 saturated carbocycles. The number of rotatable bonds is 8. The molecule has 7 nitrogen and oxygen atoms in total. The molecule has 38 heavy (non-hydrogen) atoms. The van der Waals surface area contributed by atoms with E-state index in [1.807, 2.05) is 0 Å². The van der Waals surface area contributed by atoms with Crippen LogP contribution in [0.1, 0.15) is 37.3 Å². The topological polar surface area (TPSA) is 100 Å². The van der Waals surface area contributed by atoms with Gasteiger partial charge in [0.2, 0.25) is 0 Å². The standard InChI is InChI=1S/C28H30F3N3O4/c1-16-25(17(2)38-34-16)18-6-9-24(37-5)21(12-18)26(3,4)14-27(36,28(29,30)31)15-33-19-7-8-22-20(13-19)23(35)10-11-32-22/h6-13,33,36H,14-15H2,1-5H3,(H,32,35). The molecule has 0 bridgehead atoms. The summed E-state index contributed by atoms with van der Waals surface area (Å²) in [6.45, 7) is 6.00. The zero-order valence-electron chi connectivity index (χ0n) is 21.8. The summed E-state index contributed by atoms with van der Waals surface area (Å²) in [5.41, 5.74) is -1.07. The predicted molar refractivity (Wildman–Crippen MR) is 140 cm³/mol. The Morgan fingerprint density at radius 2 is 1.84 bits per heavy atom. The number of aromatic nitrogens is 2. The number of benzene rings is 2. The van der Waals surface area contributed by atoms with Crippen LogP contribution in [0.15, 0.2) is 58.0 Å². The molecule has 0 aliphatic heterocycles. The van der Waals surface area contributed by atoms with Gasteiger partial charge >= 0.3 is 6.18 Å². The number of H-pyrrole nitrogens is 1. The first-order valence-electron chi connectivity index (χ1n) is 12.0. The van der Waals surface area contributed by atoms with Crippen molar-refractivity contribution in [2.75, 3.05) is 19.0 Å². The Morgan fingerprint density at radius 1 is 1.11 bits per heavy atom. The molecule has 202 valence electrons. The number of anilines is 1. The molecule has 0 radical (unpaired) electrons. The molecule has 0 fully saturated rings. The van der Waals surface area contributed by atoms with E-state index in [4.69, 9.17) is 9.26 Å². The van der Waals surface area contributed by atoms with E-state index < -0.39 is 30.2 Å². The van der Waals surface area contributed by atoms with Crippen molar-refractivity contribution in [2.45, 2.75) is 51.3 Å². The van der Waals surface area contributed by atoms with Gasteiger partial charge in [-0.3, -0.25) is 4.79 Å². The number of pyridine rings is 1. The molecule has 0 aliphatic carbocycles. The summed E-state index contributed by atoms with van der Waals surface area (Å²) >= 11 is 0. The van der Waals surface area contributed by atoms with Gasteiger partial charge < -0.3 is 24.7 Å². The molecular weight excluding hydrogens is 499 g/mol. The molecule has 1 unspecified atom stereocenters. The number of aromatic amines is 1. The molecule has 4 aromatic rings. The van der Waals surface area contributed by atoms with Crippen molar-refractivity contribution in [1.82, 2.24) is 10.1 Å². The van der Waals surface area contributed by atoms with Gasteiger partial charge in [-0.05, 0) is 61.6 Å². The molecule has 2 heterocycles. The second kappa shape index (κ2) is 9.83. The highest BCUT2D eigenvalue weighted by Crippen LogP contribution is 2.45. The Morgan fingerprint density at radius 3 is 2.47 bits per heavy atom. The molecule has 2 aromatic carbocycles. The van der Waals surface area contributed by atoms with Crippen molar-refractivity contribution in [3.8, 4) is 16.9 Å². The van der Waals surface area contributed by atoms with Crippen LogP contribution in [0.3, 0.4) is 0 Å². The molecule has 10 heteroatoms. The molecule has 2 aromatic heterocycles. The quantitative estimate of drug-likeness (QED) is 0.264. The van der Waals surface area contributed by atoms with Crippen molar-refractivity contribution < 1.29 is 27.5 Å². The van der Waals surface area contributed by atoms with Crippen molar-refractivity contribution in [3.05, 3.63) is 75.9 Å². The summed E-state index contributed by atoms with van der Waals surface area (Å²) in [6, 6.07) is 11.2. The fraction of sp³-hybridized carbons (Fsp3) is 0.357. The van der Waals surface area contributed by atoms with Crippen molar-refractivity contribution >= 4 is 16.6 Å². The Labute approximate surface area is 217 Å². The number of hydrogen-bond acceptors (Lipinski definition) is 6. The summed E-state index contributed by atoms with van der Waals surface area (Å²) in [5, 5.41) is 18.0. The molecule has 0 aliphatic rings. The first-order chi connectivity index (χ1) is 17.8. The monoisotopic (exact) mass is 529 g/mol. The summed E-state index contributed by atoms with van der Waals surface area (Å²) < 4.78 is 53.9. The lowest BCUT2D eigenvalue weighted by Gasteiger charge is -2.38. The normalized spacial score (nSPS) is 13.9. The van der Waals surface area contributed by atoms with Crippen LogP contribution < -0.4 is 15.5 Å². The second-order valence-corrected chi connectivity index (χ2v) is 10.2. The molecule has 3 N–H and O–H groups in total. The zero-order valence-corrected chi connectivity index (χ0v) is 21.8. The van der Waals surface area contributed by atoms with E-state index in [9.17, 15) is 23.1 Å². The maximum atomic E-state index is 14.4. The van der Waals surface area contributed by atoms with Crippen LogP contribution in [0.5, 0.6) is 5.75 Å². The lowest BCUT2D eigenvalue weighted by atomic mass is 9.73. The summed E-state index contributed by atoms with van der Waals surface area (Å²) in [7, 11) is 1.45. The van der Waals surface area contributed by atoms with Gasteiger partial charge in [-0.1, -0.05) is 25.1 Å². The van der Waals surface area contributed by atoms with Gasteiger partial charge in [0.1, 0.15) is 11.5 Å². The van der Waals surface area contributed by atoms with Crippen LogP contribution in [0.25, 0.3) is 22.0 Å². The molecule has 1 atom stereocenters. The number of halogens is 3. The fourth-order valence-corrected chi connectivity index (χ4v) is 4.91. The third kappa shape index (κ3) is 5.13. The number of fused-ring (bicyclic) bond motifs is 1. The van der Waals surface area contributed by atoms with Crippen molar-refractivity contribution in [3.63, 3.8) is 0 Å². The third-order valence-electron chi connectivity index (χ3n) is 6.86. The number of aliphatic hydroxyl groups is 1. The van der Waals surface area contributed by atoms with Gasteiger partial charge in [-0.25, -0.2) is 0 Å². The van der Waals surface area contributed by atoms with Crippen molar-refractivity contribution in [2.24, 2.45) is 0 Å². The highest BCUT2D eigenvalue weighted by Gasteiger charge is 2.56. The van der Waals surface area contributed by atoms with E-state index in [-0.39, 0.29) is 11.1 Å². The van der Waals surface area contributed by atoms with E-state index in [0.29, 0.717) is 33.7 Å². The van der Waals surface area contributed by atoms with Gasteiger partial charge in [0.15, 0.2) is 11.0 Å². The average molecular weight is 530 g/mol. The number of methoxy groups -OCH3 is 1. The number of hydrogen-bond donors (Lipinski definition) is 3. The second-order valence-electron chi connectivity index (χ2n) is 10.2. The average Bonchev–Trinajstić information content (AvgIpc) is 3.19. The SMILES string of the molecule is COc1ccc(-c2c(C)noc2C)cc1C(C)(C)CC(O)(CNc1ccc2[nH]ccc(=O)c2c1)C(F)(F)F. The van der Waals surface area contributed by atoms with Crippen molar-refractivity contribution in [1.29, 1.82) is 0 Å². The number of aryl methyl sites for hydroxylation is 2. The van der Waals surface area contributed by atoms with E-state index in [1.165, 1.54) is 25.4 Å². The lowest BCUT2D eigenvalue weighted by Crippen LogP contribution is -2.53. The number of nitrogens with zero attached hydrogens (tertiary/aromatic N) is 1. The van der Waals surface area contributed by atoms with Gasteiger partial charge in [0.05, 0.1) is 19.3 Å². The Bertz CT molecular complexity index is 1500. The van der Waals surface area contributed by atoms with Gasteiger partial charge in [-0.15, -0.1) is 0 Å². The van der Waals surface area contributed by atoms with E-state index >= 15 is 0 Å². The smallest absolute Gasteiger partial charge is 0.418 e. The van der Waals surface area contributed by atoms with Gasteiger partial charge in [-0.2, -0.15) is 13.2 Å². The fourth-order valence-electron chi connectivity index (χ4n) is 4.91. The van der Waals surface area contributed by atoms with E-state index in [0.717, 1.165) is 11.1 Å². The van der Waals surface area contributed by atoms with Gasteiger partial charge in [0, 0.05) is 40.0 Å². The maximum absolute atomic E-state index is 14.4. The van der Waals surface area contributed by atoms with E-state index in [2.05, 4.69) is 15.5 Å². The lowest BCUT2D eigenvalue weighted by molar-refractivity contribution is -0.260. The van der Waals surface area contributed by atoms with Crippen LogP contribution in [0.4, 0.5) is 18.9 Å². The van der Waals surface area contributed by atoms with Crippen LogP contribution >= 0.6 is 0 Å². The minimum absolute atomic E-state index is 0.264. The third-order valence-corrected chi connectivity index (χ3v) is 6.86. The molecule has 0 amide bonds. The zero-order chi connectivity index (χ0) is 27.9. The molecule has 0 spiro atoms. The number of ether oxygens (including phenoxy) is 1. The Balaban J connectivity index is 1.68. The maximum Gasteiger partial charge on any atom is 0.418 e. The number of alkyl halides is 3. The summed E-state index contributed by atoms with van der Waals surface area (Å²) in [6.07, 6.45) is -4.11. The molecule has 4 rings (SSSR count). The summed E-state index contributed by atoms with van der Waals surface area (Å²) in [5.74, 6) is 0.985. The van der Waals surface area contributed by atoms with E-state index in [1.54, 1.807) is 58.0 Å². The molecular formula is C28H30F3N3O4. The Hall–Kier alpha value is -3.79. The van der Waals surface area contributed by atoms with Gasteiger partial charge in [0.25, 0.3) is 0 Å². The Kier molecular flexibility index (Phi) is 7.05. The predicted octanol–water partition coefficient (Wildman–Crippen LogP) is 5.88. The first kappa shape index (κ1) is 27.3. The first-order valence-corrected chi connectivity index (χ1v) is 12.0. The molecule has 0 saturated heterocycles. The minimum Gasteiger partial charge on any atom is -0.496 e. The highest BCUT2D eigenvalue weighted by atomic mass is 19.4. The number of nitrogens with one attached hydrogen (secondary N) is 2. The highest BCUT2D eigenvalue weighted by molar-refractivity contribution is 5.82. The minimum atomic E-state index is -4.95.